The second-order valence-electron chi connectivity index (χ2n) is 5.36. The number of para-hydroxylation sites is 1. The first-order chi connectivity index (χ1) is 10.2. The minimum atomic E-state index is -0.770. The molecule has 1 fully saturated rings. The standard InChI is InChI=1S/C16H15N3O2/c17-9-13-8-12-3-1-2-4-14(12)18-16(13)19-6-5-11(10-19)7-15(20)21/h1-4,8,11H,5-7,10H2,(H,20,21). The van der Waals surface area contributed by atoms with Crippen LogP contribution in [0.1, 0.15) is 18.4 Å². The number of aliphatic carboxylic acids is 1. The molecule has 1 aliphatic rings. The number of anilines is 1. The lowest BCUT2D eigenvalue weighted by atomic mass is 10.1. The molecular formula is C16H15N3O2. The quantitative estimate of drug-likeness (QED) is 0.934. The third kappa shape index (κ3) is 2.65. The summed E-state index contributed by atoms with van der Waals surface area (Å²) >= 11 is 0. The van der Waals surface area contributed by atoms with Gasteiger partial charge in [-0.15, -0.1) is 0 Å². The fourth-order valence-corrected chi connectivity index (χ4v) is 2.87. The molecule has 1 unspecified atom stereocenters. The maximum absolute atomic E-state index is 10.8. The number of carboxylic acid groups (broad SMARTS) is 1. The lowest BCUT2D eigenvalue weighted by molar-refractivity contribution is -0.137. The summed E-state index contributed by atoms with van der Waals surface area (Å²) in [5, 5.41) is 19.2. The van der Waals surface area contributed by atoms with E-state index >= 15 is 0 Å². The average molecular weight is 281 g/mol. The molecule has 0 bridgehead atoms. The van der Waals surface area contributed by atoms with Crippen molar-refractivity contribution in [3.8, 4) is 6.07 Å². The largest absolute Gasteiger partial charge is 0.481 e. The van der Waals surface area contributed by atoms with Crippen LogP contribution in [0.5, 0.6) is 0 Å². The lowest BCUT2D eigenvalue weighted by Gasteiger charge is -2.19. The molecule has 1 aromatic heterocycles. The Bertz CT molecular complexity index is 736. The highest BCUT2D eigenvalue weighted by Crippen LogP contribution is 2.29. The van der Waals surface area contributed by atoms with E-state index in [9.17, 15) is 10.1 Å². The first kappa shape index (κ1) is 13.4. The number of fused-ring (bicyclic) bond motifs is 1. The molecule has 0 saturated carbocycles. The van der Waals surface area contributed by atoms with Crippen LogP contribution in [0, 0.1) is 17.2 Å². The van der Waals surface area contributed by atoms with Gasteiger partial charge in [0.2, 0.25) is 0 Å². The third-order valence-electron chi connectivity index (χ3n) is 3.87. The Balaban J connectivity index is 1.93. The summed E-state index contributed by atoms with van der Waals surface area (Å²) in [6, 6.07) is 11.7. The van der Waals surface area contributed by atoms with E-state index in [0.29, 0.717) is 17.9 Å². The Hall–Kier alpha value is -2.61. The van der Waals surface area contributed by atoms with Crippen LogP contribution in [-0.4, -0.2) is 29.1 Å². The number of carboxylic acids is 1. The molecule has 21 heavy (non-hydrogen) atoms. The van der Waals surface area contributed by atoms with Crippen molar-refractivity contribution in [2.75, 3.05) is 18.0 Å². The van der Waals surface area contributed by atoms with Gasteiger partial charge in [0.25, 0.3) is 0 Å². The van der Waals surface area contributed by atoms with Gasteiger partial charge in [0.15, 0.2) is 0 Å². The highest BCUT2D eigenvalue weighted by molar-refractivity contribution is 5.83. The molecule has 1 atom stereocenters. The number of benzene rings is 1. The van der Waals surface area contributed by atoms with Gasteiger partial charge in [0, 0.05) is 24.9 Å². The zero-order valence-corrected chi connectivity index (χ0v) is 11.5. The average Bonchev–Trinajstić information content (AvgIpc) is 2.93. The van der Waals surface area contributed by atoms with Crippen molar-refractivity contribution in [1.82, 2.24) is 4.98 Å². The molecule has 0 spiro atoms. The number of nitriles is 1. The summed E-state index contributed by atoms with van der Waals surface area (Å²) < 4.78 is 0. The zero-order valence-electron chi connectivity index (χ0n) is 11.5. The second-order valence-corrected chi connectivity index (χ2v) is 5.36. The molecule has 1 aromatic carbocycles. The van der Waals surface area contributed by atoms with Crippen molar-refractivity contribution in [2.45, 2.75) is 12.8 Å². The molecule has 2 aromatic rings. The van der Waals surface area contributed by atoms with Gasteiger partial charge in [0.05, 0.1) is 11.1 Å². The maximum Gasteiger partial charge on any atom is 0.303 e. The van der Waals surface area contributed by atoms with Gasteiger partial charge in [-0.25, -0.2) is 4.98 Å². The number of nitrogens with zero attached hydrogens (tertiary/aromatic N) is 3. The Labute approximate surface area is 122 Å². The van der Waals surface area contributed by atoms with E-state index in [4.69, 9.17) is 5.11 Å². The Kier molecular flexibility index (Phi) is 3.44. The van der Waals surface area contributed by atoms with E-state index < -0.39 is 5.97 Å². The summed E-state index contributed by atoms with van der Waals surface area (Å²) in [4.78, 5) is 17.4. The van der Waals surface area contributed by atoms with Crippen LogP contribution in [-0.2, 0) is 4.79 Å². The van der Waals surface area contributed by atoms with Crippen LogP contribution >= 0.6 is 0 Å². The van der Waals surface area contributed by atoms with Crippen LogP contribution in [0.15, 0.2) is 30.3 Å². The smallest absolute Gasteiger partial charge is 0.303 e. The van der Waals surface area contributed by atoms with E-state index in [0.717, 1.165) is 23.9 Å². The zero-order chi connectivity index (χ0) is 14.8. The van der Waals surface area contributed by atoms with E-state index in [2.05, 4.69) is 11.1 Å². The molecule has 1 saturated heterocycles. The van der Waals surface area contributed by atoms with Gasteiger partial charge in [-0.3, -0.25) is 4.79 Å². The topological polar surface area (TPSA) is 77.2 Å². The monoisotopic (exact) mass is 281 g/mol. The molecule has 0 radical (unpaired) electrons. The number of hydrogen-bond donors (Lipinski definition) is 1. The summed E-state index contributed by atoms with van der Waals surface area (Å²) in [7, 11) is 0. The van der Waals surface area contributed by atoms with Gasteiger partial charge < -0.3 is 10.0 Å². The maximum atomic E-state index is 10.8. The first-order valence-electron chi connectivity index (χ1n) is 6.94. The third-order valence-corrected chi connectivity index (χ3v) is 3.87. The summed E-state index contributed by atoms with van der Waals surface area (Å²) in [6.07, 6.45) is 0.998. The van der Waals surface area contributed by atoms with E-state index in [1.54, 1.807) is 0 Å². The van der Waals surface area contributed by atoms with Crippen molar-refractivity contribution in [3.63, 3.8) is 0 Å². The molecule has 3 rings (SSSR count). The van der Waals surface area contributed by atoms with Gasteiger partial charge in [0.1, 0.15) is 11.9 Å². The lowest BCUT2D eigenvalue weighted by Crippen LogP contribution is -2.22. The molecular weight excluding hydrogens is 266 g/mol. The molecule has 1 aliphatic heterocycles. The minimum absolute atomic E-state index is 0.127. The van der Waals surface area contributed by atoms with Gasteiger partial charge >= 0.3 is 5.97 Å². The van der Waals surface area contributed by atoms with Crippen molar-refractivity contribution < 1.29 is 9.90 Å². The summed E-state index contributed by atoms with van der Waals surface area (Å²) in [6.45, 7) is 1.39. The number of aromatic nitrogens is 1. The number of carbonyl (C=O) groups is 1. The normalized spacial score (nSPS) is 17.9. The Morgan fingerprint density at radius 2 is 2.29 bits per heavy atom. The van der Waals surface area contributed by atoms with Crippen LogP contribution in [0.3, 0.4) is 0 Å². The highest BCUT2D eigenvalue weighted by Gasteiger charge is 2.27. The molecule has 1 N–H and O–H groups in total. The van der Waals surface area contributed by atoms with E-state index in [1.807, 2.05) is 35.2 Å². The summed E-state index contributed by atoms with van der Waals surface area (Å²) in [5.74, 6) is 0.0280. The number of hydrogen-bond acceptors (Lipinski definition) is 4. The second kappa shape index (κ2) is 5.41. The summed E-state index contributed by atoms with van der Waals surface area (Å²) in [5.41, 5.74) is 1.40. The van der Waals surface area contributed by atoms with Crippen molar-refractivity contribution in [3.05, 3.63) is 35.9 Å². The Morgan fingerprint density at radius 1 is 1.48 bits per heavy atom. The van der Waals surface area contributed by atoms with Crippen LogP contribution < -0.4 is 4.90 Å². The first-order valence-corrected chi connectivity index (χ1v) is 6.94. The predicted octanol–water partition coefficient (Wildman–Crippen LogP) is 2.41. The molecule has 0 aliphatic carbocycles. The van der Waals surface area contributed by atoms with E-state index in [-0.39, 0.29) is 12.3 Å². The van der Waals surface area contributed by atoms with Crippen LogP contribution in [0.4, 0.5) is 5.82 Å². The fraction of sp³-hybridized carbons (Fsp3) is 0.312. The van der Waals surface area contributed by atoms with Crippen molar-refractivity contribution >= 4 is 22.7 Å². The van der Waals surface area contributed by atoms with Crippen LogP contribution in [0.25, 0.3) is 10.9 Å². The molecule has 2 heterocycles. The van der Waals surface area contributed by atoms with Gasteiger partial charge in [-0.05, 0) is 24.5 Å². The number of rotatable bonds is 3. The van der Waals surface area contributed by atoms with Gasteiger partial charge in [-0.2, -0.15) is 5.26 Å². The Morgan fingerprint density at radius 3 is 3.05 bits per heavy atom. The number of pyridine rings is 1. The molecule has 5 heteroatoms. The highest BCUT2D eigenvalue weighted by atomic mass is 16.4. The molecule has 0 amide bonds. The predicted molar refractivity (Wildman–Crippen MR) is 79.0 cm³/mol. The minimum Gasteiger partial charge on any atom is -0.481 e. The van der Waals surface area contributed by atoms with Crippen LogP contribution in [0.2, 0.25) is 0 Å². The van der Waals surface area contributed by atoms with Crippen molar-refractivity contribution in [1.29, 1.82) is 5.26 Å². The van der Waals surface area contributed by atoms with Crippen molar-refractivity contribution in [2.24, 2.45) is 5.92 Å². The molecule has 5 nitrogen and oxygen atoms in total. The SMILES string of the molecule is N#Cc1cc2ccccc2nc1N1CCC(CC(=O)O)C1. The van der Waals surface area contributed by atoms with Gasteiger partial charge in [-0.1, -0.05) is 18.2 Å². The molecule has 106 valence electrons. The fourth-order valence-electron chi connectivity index (χ4n) is 2.87. The van der Waals surface area contributed by atoms with E-state index in [1.165, 1.54) is 0 Å².